The molecule has 0 unspecified atom stereocenters. The van der Waals surface area contributed by atoms with Gasteiger partial charge in [0.05, 0.1) is 17.8 Å². The molecule has 0 spiro atoms. The summed E-state index contributed by atoms with van der Waals surface area (Å²) in [7, 11) is 0. The summed E-state index contributed by atoms with van der Waals surface area (Å²) in [6, 6.07) is 14.3. The highest BCUT2D eigenvalue weighted by atomic mass is 127. The van der Waals surface area contributed by atoms with Gasteiger partial charge in [-0.25, -0.2) is 0 Å². The second-order valence-electron chi connectivity index (χ2n) is 6.58. The summed E-state index contributed by atoms with van der Waals surface area (Å²) < 4.78 is 2.29. The number of hydrogen-bond acceptors (Lipinski definition) is 2. The number of aromatic amines is 1. The molecule has 0 aliphatic carbocycles. The van der Waals surface area contributed by atoms with Crippen molar-refractivity contribution in [3.05, 3.63) is 79.3 Å². The van der Waals surface area contributed by atoms with Crippen LogP contribution in [0.3, 0.4) is 0 Å². The lowest BCUT2D eigenvalue weighted by Crippen LogP contribution is -2.29. The van der Waals surface area contributed by atoms with Crippen LogP contribution in [0.5, 0.6) is 0 Å². The van der Waals surface area contributed by atoms with Crippen LogP contribution in [0.4, 0.5) is 5.69 Å². The second kappa shape index (κ2) is 7.52. The van der Waals surface area contributed by atoms with Crippen molar-refractivity contribution in [2.75, 3.05) is 4.90 Å². The summed E-state index contributed by atoms with van der Waals surface area (Å²) >= 11 is 11.7. The first-order chi connectivity index (χ1) is 13.0. The summed E-state index contributed by atoms with van der Waals surface area (Å²) in [6.45, 7) is 4.24. The van der Waals surface area contributed by atoms with Crippen LogP contribution < -0.4 is 10.2 Å². The first-order valence-corrected chi connectivity index (χ1v) is 10.9. The van der Waals surface area contributed by atoms with Crippen LogP contribution in [-0.2, 0) is 0 Å². The van der Waals surface area contributed by atoms with E-state index in [9.17, 15) is 0 Å². The second-order valence-corrected chi connectivity index (χ2v) is 8.96. The van der Waals surface area contributed by atoms with Gasteiger partial charge in [0.2, 0.25) is 0 Å². The number of rotatable bonds is 3. The van der Waals surface area contributed by atoms with Crippen LogP contribution in [0.25, 0.3) is 0 Å². The van der Waals surface area contributed by atoms with E-state index in [4.69, 9.17) is 12.2 Å². The van der Waals surface area contributed by atoms with Gasteiger partial charge in [-0.1, -0.05) is 22.0 Å². The third-order valence-electron chi connectivity index (χ3n) is 4.84. The lowest BCUT2D eigenvalue weighted by molar-refractivity contribution is 0.564. The third-order valence-corrected chi connectivity index (χ3v) is 7.08. The van der Waals surface area contributed by atoms with E-state index in [1.807, 2.05) is 30.5 Å². The van der Waals surface area contributed by atoms with Crippen molar-refractivity contribution < 1.29 is 0 Å². The molecule has 1 aliphatic rings. The van der Waals surface area contributed by atoms with Crippen molar-refractivity contribution in [3.63, 3.8) is 0 Å². The van der Waals surface area contributed by atoms with Gasteiger partial charge in [-0.15, -0.1) is 0 Å². The van der Waals surface area contributed by atoms with Crippen molar-refractivity contribution in [2.45, 2.75) is 25.9 Å². The van der Waals surface area contributed by atoms with Gasteiger partial charge in [0.1, 0.15) is 0 Å². The Hall–Kier alpha value is -1.45. The molecule has 1 aromatic carbocycles. The molecule has 4 rings (SSSR count). The van der Waals surface area contributed by atoms with Crippen LogP contribution in [-0.4, -0.2) is 15.1 Å². The number of anilines is 1. The zero-order valence-electron chi connectivity index (χ0n) is 14.8. The molecule has 7 heteroatoms. The van der Waals surface area contributed by atoms with E-state index in [0.29, 0.717) is 5.11 Å². The largest absolute Gasteiger partial charge is 0.362 e. The number of H-pyrrole nitrogens is 1. The number of nitrogens with zero attached hydrogens (tertiary/aromatic N) is 2. The molecule has 1 aliphatic heterocycles. The van der Waals surface area contributed by atoms with Gasteiger partial charge in [-0.05, 0) is 85.1 Å². The maximum atomic E-state index is 5.77. The first kappa shape index (κ1) is 18.9. The Balaban J connectivity index is 1.89. The highest BCUT2D eigenvalue weighted by Gasteiger charge is 2.42. The van der Waals surface area contributed by atoms with Crippen LogP contribution in [0.1, 0.15) is 34.7 Å². The molecule has 0 radical (unpaired) electrons. The predicted octanol–water partition coefficient (Wildman–Crippen LogP) is 5.57. The zero-order valence-corrected chi connectivity index (χ0v) is 19.4. The Morgan fingerprint density at radius 2 is 1.85 bits per heavy atom. The molecule has 0 saturated carbocycles. The highest BCUT2D eigenvalue weighted by Crippen LogP contribution is 2.44. The minimum atomic E-state index is -0.0234. The van der Waals surface area contributed by atoms with E-state index in [0.717, 1.165) is 21.5 Å². The van der Waals surface area contributed by atoms with E-state index < -0.39 is 0 Å². The van der Waals surface area contributed by atoms with E-state index in [2.05, 4.69) is 90.8 Å². The number of benzene rings is 1. The van der Waals surface area contributed by atoms with Crippen molar-refractivity contribution in [2.24, 2.45) is 0 Å². The fourth-order valence-electron chi connectivity index (χ4n) is 3.65. The lowest BCUT2D eigenvalue weighted by atomic mass is 9.96. The smallest absolute Gasteiger partial charge is 0.174 e. The molecule has 2 N–H and O–H groups in total. The predicted molar refractivity (Wildman–Crippen MR) is 125 cm³/mol. The number of aryl methyl sites for hydroxylation is 2. The van der Waals surface area contributed by atoms with Gasteiger partial charge >= 0.3 is 0 Å². The van der Waals surface area contributed by atoms with E-state index in [-0.39, 0.29) is 12.1 Å². The normalized spacial score (nSPS) is 19.4. The van der Waals surface area contributed by atoms with E-state index in [1.165, 1.54) is 14.8 Å². The van der Waals surface area contributed by atoms with Gasteiger partial charge in [-0.3, -0.25) is 4.98 Å². The summed E-state index contributed by atoms with van der Waals surface area (Å²) in [6.07, 6.45) is 1.83. The summed E-state index contributed by atoms with van der Waals surface area (Å²) in [4.78, 5) is 10.3. The Bertz CT molecular complexity index is 987. The molecule has 27 heavy (non-hydrogen) atoms. The zero-order chi connectivity index (χ0) is 19.1. The van der Waals surface area contributed by atoms with Crippen molar-refractivity contribution in [1.82, 2.24) is 15.3 Å². The Morgan fingerprint density at radius 3 is 2.44 bits per heavy atom. The number of nitrogens with one attached hydrogen (secondary N) is 2. The summed E-state index contributed by atoms with van der Waals surface area (Å²) in [5.41, 5.74) is 5.65. The number of pyridine rings is 1. The molecule has 3 heterocycles. The Kier molecular flexibility index (Phi) is 5.26. The topological polar surface area (TPSA) is 44.0 Å². The van der Waals surface area contributed by atoms with Crippen molar-refractivity contribution in [3.8, 4) is 0 Å². The van der Waals surface area contributed by atoms with Gasteiger partial charge in [0.25, 0.3) is 0 Å². The molecular weight excluding hydrogens is 535 g/mol. The van der Waals surface area contributed by atoms with E-state index >= 15 is 0 Å². The minimum absolute atomic E-state index is 0.0189. The van der Waals surface area contributed by atoms with E-state index in [1.54, 1.807) is 0 Å². The van der Waals surface area contributed by atoms with Crippen LogP contribution >= 0.6 is 50.7 Å². The molecule has 4 nitrogen and oxygen atoms in total. The number of hydrogen-bond donors (Lipinski definition) is 2. The van der Waals surface area contributed by atoms with Crippen molar-refractivity contribution in [1.29, 1.82) is 0 Å². The molecule has 1 fully saturated rings. The average Bonchev–Trinajstić information content (AvgIpc) is 3.12. The number of thiocarbonyl (C=S) groups is 1. The first-order valence-electron chi connectivity index (χ1n) is 8.58. The Morgan fingerprint density at radius 1 is 1.11 bits per heavy atom. The molecule has 1 saturated heterocycles. The molecule has 138 valence electrons. The maximum Gasteiger partial charge on any atom is 0.174 e. The molecular formula is C20H18BrIN4S. The highest BCUT2D eigenvalue weighted by molar-refractivity contribution is 14.1. The number of aromatic nitrogens is 2. The molecule has 3 aromatic rings. The Labute approximate surface area is 186 Å². The summed E-state index contributed by atoms with van der Waals surface area (Å²) in [5.74, 6) is 0. The van der Waals surface area contributed by atoms with Gasteiger partial charge in [-0.2, -0.15) is 0 Å². The fourth-order valence-corrected chi connectivity index (χ4v) is 5.12. The molecule has 2 aromatic heterocycles. The standard InChI is InChI=1S/C20H18BrIN4S/c1-11-16(17(22)12(2)24-11)19-18(15-5-3-4-10-23-15)25-20(27)26(19)14-8-6-13(21)7-9-14/h3-10,18-19,24H,1-2H3,(H,25,27)/t18-,19-/m0/s1. The van der Waals surface area contributed by atoms with Crippen LogP contribution in [0, 0.1) is 17.4 Å². The van der Waals surface area contributed by atoms with Crippen LogP contribution in [0.2, 0.25) is 0 Å². The number of halogens is 2. The fraction of sp³-hybridized carbons (Fsp3) is 0.200. The lowest BCUT2D eigenvalue weighted by Gasteiger charge is -2.28. The molecule has 0 bridgehead atoms. The SMILES string of the molecule is Cc1[nH]c(C)c([C@H]2[C@H](c3ccccn3)NC(=S)N2c2ccc(Br)cc2)c1I. The molecule has 0 amide bonds. The van der Waals surface area contributed by atoms with Gasteiger partial charge < -0.3 is 15.2 Å². The monoisotopic (exact) mass is 552 g/mol. The third kappa shape index (κ3) is 3.40. The molecule has 2 atom stereocenters. The van der Waals surface area contributed by atoms with Crippen LogP contribution in [0.15, 0.2) is 53.1 Å². The quantitative estimate of drug-likeness (QED) is 0.329. The van der Waals surface area contributed by atoms with Crippen molar-refractivity contribution >= 4 is 61.5 Å². The average molecular weight is 553 g/mol. The van der Waals surface area contributed by atoms with Gasteiger partial charge in [0.15, 0.2) is 5.11 Å². The maximum absolute atomic E-state index is 5.77. The summed E-state index contributed by atoms with van der Waals surface area (Å²) in [5, 5.41) is 4.23. The minimum Gasteiger partial charge on any atom is -0.362 e. The van der Waals surface area contributed by atoms with Gasteiger partial charge in [0, 0.05) is 36.9 Å².